The topological polar surface area (TPSA) is 66.9 Å². The molecule has 0 unspecified atom stereocenters. The maximum atomic E-state index is 11.6. The highest BCUT2D eigenvalue weighted by Crippen LogP contribution is 2.30. The molecule has 0 radical (unpaired) electrons. The summed E-state index contributed by atoms with van der Waals surface area (Å²) in [6, 6.07) is 8.51. The molecule has 2 N–H and O–H groups in total. The van der Waals surface area contributed by atoms with Gasteiger partial charge in [0, 0.05) is 10.9 Å². The van der Waals surface area contributed by atoms with Gasteiger partial charge in [0.25, 0.3) is 0 Å². The van der Waals surface area contributed by atoms with Crippen LogP contribution in [0.5, 0.6) is 0 Å². The molecule has 0 aliphatic heterocycles. The molecule has 1 fully saturated rings. The lowest BCUT2D eigenvalue weighted by atomic mass is 10.3. The average Bonchev–Trinajstić information content (AvgIpc) is 3.29. The summed E-state index contributed by atoms with van der Waals surface area (Å²) in [7, 11) is 0. The third-order valence-electron chi connectivity index (χ3n) is 3.06. The van der Waals surface area contributed by atoms with E-state index in [2.05, 4.69) is 20.8 Å². The molecule has 1 aliphatic carbocycles. The highest BCUT2D eigenvalue weighted by Gasteiger charge is 2.29. The minimum atomic E-state index is 0.00268. The number of amides is 1. The molecule has 1 amide bonds. The van der Waals surface area contributed by atoms with Crippen LogP contribution in [0.1, 0.15) is 12.8 Å². The monoisotopic (exact) mass is 322 g/mol. The van der Waals surface area contributed by atoms with Gasteiger partial charge in [-0.1, -0.05) is 23.2 Å². The van der Waals surface area contributed by atoms with Crippen LogP contribution >= 0.6 is 23.2 Å². The van der Waals surface area contributed by atoms with Crippen LogP contribution in [0, 0.1) is 5.92 Å². The molecule has 108 valence electrons. The first kappa shape index (κ1) is 14.1. The molecule has 0 bridgehead atoms. The van der Waals surface area contributed by atoms with Crippen molar-refractivity contribution < 1.29 is 4.79 Å². The average molecular weight is 323 g/mol. The maximum Gasteiger partial charge on any atom is 0.228 e. The van der Waals surface area contributed by atoms with E-state index in [0.29, 0.717) is 27.4 Å². The number of hydrogen-bond donors (Lipinski definition) is 2. The summed E-state index contributed by atoms with van der Waals surface area (Å²) in [5.41, 5.74) is 0.647. The fourth-order valence-electron chi connectivity index (χ4n) is 1.77. The zero-order valence-corrected chi connectivity index (χ0v) is 12.4. The molecule has 2 aromatic rings. The Hall–Kier alpha value is -1.85. The second-order valence-electron chi connectivity index (χ2n) is 4.82. The Morgan fingerprint density at radius 2 is 1.81 bits per heavy atom. The number of carbonyl (C=O) groups is 1. The minimum absolute atomic E-state index is 0.00268. The van der Waals surface area contributed by atoms with Crippen LogP contribution in [-0.4, -0.2) is 16.1 Å². The predicted octanol–water partition coefficient (Wildman–Crippen LogP) is 3.88. The van der Waals surface area contributed by atoms with Crippen molar-refractivity contribution in [2.75, 3.05) is 10.6 Å². The highest BCUT2D eigenvalue weighted by molar-refractivity contribution is 6.35. The second kappa shape index (κ2) is 5.87. The molecule has 1 heterocycles. The summed E-state index contributed by atoms with van der Waals surface area (Å²) < 4.78 is 0. The van der Waals surface area contributed by atoms with E-state index in [0.717, 1.165) is 12.8 Å². The van der Waals surface area contributed by atoms with Crippen LogP contribution in [0.3, 0.4) is 0 Å². The van der Waals surface area contributed by atoms with Crippen molar-refractivity contribution in [3.63, 3.8) is 0 Å². The Labute approximate surface area is 131 Å². The molecule has 0 saturated heterocycles. The molecule has 21 heavy (non-hydrogen) atoms. The van der Waals surface area contributed by atoms with Crippen molar-refractivity contribution in [3.8, 4) is 0 Å². The first-order valence-electron chi connectivity index (χ1n) is 6.48. The van der Waals surface area contributed by atoms with Gasteiger partial charge in [0.2, 0.25) is 5.91 Å². The maximum absolute atomic E-state index is 11.6. The van der Waals surface area contributed by atoms with Crippen LogP contribution < -0.4 is 10.6 Å². The van der Waals surface area contributed by atoms with Gasteiger partial charge in [0.05, 0.1) is 10.7 Å². The van der Waals surface area contributed by atoms with Gasteiger partial charge < -0.3 is 10.6 Å². The number of nitrogens with one attached hydrogen (secondary N) is 2. The van der Waals surface area contributed by atoms with Crippen molar-refractivity contribution in [2.45, 2.75) is 12.8 Å². The molecule has 1 saturated carbocycles. The summed E-state index contributed by atoms with van der Waals surface area (Å²) in [4.78, 5) is 11.6. The Balaban J connectivity index is 1.68. The van der Waals surface area contributed by atoms with Crippen LogP contribution in [0.15, 0.2) is 30.3 Å². The first-order valence-corrected chi connectivity index (χ1v) is 7.24. The smallest absolute Gasteiger partial charge is 0.228 e. The fraction of sp³-hybridized carbons (Fsp3) is 0.214. The van der Waals surface area contributed by atoms with E-state index in [1.165, 1.54) is 0 Å². The predicted molar refractivity (Wildman–Crippen MR) is 83.1 cm³/mol. The van der Waals surface area contributed by atoms with Gasteiger partial charge in [-0.3, -0.25) is 4.79 Å². The van der Waals surface area contributed by atoms with Gasteiger partial charge >= 0.3 is 0 Å². The number of halogens is 2. The molecule has 1 aliphatic rings. The van der Waals surface area contributed by atoms with Gasteiger partial charge in [-0.25, -0.2) is 0 Å². The number of anilines is 3. The van der Waals surface area contributed by atoms with Crippen LogP contribution in [0.2, 0.25) is 10.0 Å². The zero-order chi connectivity index (χ0) is 14.8. The second-order valence-corrected chi connectivity index (χ2v) is 5.66. The van der Waals surface area contributed by atoms with E-state index in [9.17, 15) is 4.79 Å². The molecule has 0 spiro atoms. The first-order chi connectivity index (χ1) is 10.1. The molecular weight excluding hydrogens is 311 g/mol. The van der Waals surface area contributed by atoms with Crippen LogP contribution in [-0.2, 0) is 4.79 Å². The van der Waals surface area contributed by atoms with Crippen molar-refractivity contribution >= 4 is 46.4 Å². The van der Waals surface area contributed by atoms with Crippen LogP contribution in [0.25, 0.3) is 0 Å². The Morgan fingerprint density at radius 3 is 2.48 bits per heavy atom. The number of aromatic nitrogens is 2. The summed E-state index contributed by atoms with van der Waals surface area (Å²) in [5, 5.41) is 14.8. The molecule has 5 nitrogen and oxygen atoms in total. The van der Waals surface area contributed by atoms with E-state index in [-0.39, 0.29) is 11.8 Å². The van der Waals surface area contributed by atoms with Gasteiger partial charge in [0.15, 0.2) is 11.6 Å². The lowest BCUT2D eigenvalue weighted by Gasteiger charge is -2.08. The van der Waals surface area contributed by atoms with E-state index in [1.807, 2.05) is 0 Å². The summed E-state index contributed by atoms with van der Waals surface area (Å²) >= 11 is 12.0. The molecule has 7 heteroatoms. The number of benzene rings is 1. The quantitative estimate of drug-likeness (QED) is 0.896. The normalized spacial score (nSPS) is 13.8. The number of rotatable bonds is 4. The van der Waals surface area contributed by atoms with Crippen LogP contribution in [0.4, 0.5) is 17.3 Å². The van der Waals surface area contributed by atoms with Crippen molar-refractivity contribution in [1.82, 2.24) is 10.2 Å². The van der Waals surface area contributed by atoms with E-state index < -0.39 is 0 Å². The Morgan fingerprint density at radius 1 is 1.10 bits per heavy atom. The lowest BCUT2D eigenvalue weighted by Crippen LogP contribution is -2.14. The van der Waals surface area contributed by atoms with Crippen molar-refractivity contribution in [2.24, 2.45) is 5.92 Å². The summed E-state index contributed by atoms with van der Waals surface area (Å²) in [5.74, 6) is 1.09. The SMILES string of the molecule is O=C(Nc1ccc(Nc2cc(Cl)ccc2Cl)nn1)C1CC1. The zero-order valence-electron chi connectivity index (χ0n) is 10.9. The van der Waals surface area contributed by atoms with E-state index in [4.69, 9.17) is 23.2 Å². The number of nitrogens with zero attached hydrogens (tertiary/aromatic N) is 2. The number of carbonyl (C=O) groups excluding carboxylic acids is 1. The Kier molecular flexibility index (Phi) is 3.94. The third kappa shape index (κ3) is 3.62. The van der Waals surface area contributed by atoms with Gasteiger partial charge in [-0.05, 0) is 43.2 Å². The molecule has 3 rings (SSSR count). The standard InChI is InChI=1S/C14H12Cl2N4O/c15-9-3-4-10(16)11(7-9)17-12-5-6-13(20-19-12)18-14(21)8-1-2-8/h3-8H,1-2H2,(H,17,19)(H,18,20,21). The third-order valence-corrected chi connectivity index (χ3v) is 3.62. The van der Waals surface area contributed by atoms with E-state index in [1.54, 1.807) is 30.3 Å². The highest BCUT2D eigenvalue weighted by atomic mass is 35.5. The summed E-state index contributed by atoms with van der Waals surface area (Å²) in [6.07, 6.45) is 1.90. The van der Waals surface area contributed by atoms with Gasteiger partial charge in [-0.2, -0.15) is 0 Å². The minimum Gasteiger partial charge on any atom is -0.337 e. The van der Waals surface area contributed by atoms with Crippen molar-refractivity contribution in [1.29, 1.82) is 0 Å². The van der Waals surface area contributed by atoms with E-state index >= 15 is 0 Å². The molecular formula is C14H12Cl2N4O. The summed E-state index contributed by atoms with van der Waals surface area (Å²) in [6.45, 7) is 0. The van der Waals surface area contributed by atoms with Crippen molar-refractivity contribution in [3.05, 3.63) is 40.4 Å². The molecule has 1 aromatic heterocycles. The number of hydrogen-bond acceptors (Lipinski definition) is 4. The Bertz CT molecular complexity index is 671. The molecule has 1 aromatic carbocycles. The van der Waals surface area contributed by atoms with Gasteiger partial charge in [0.1, 0.15) is 0 Å². The molecule has 0 atom stereocenters. The fourth-order valence-corrected chi connectivity index (χ4v) is 2.11. The van der Waals surface area contributed by atoms with Gasteiger partial charge in [-0.15, -0.1) is 10.2 Å². The largest absolute Gasteiger partial charge is 0.337 e. The lowest BCUT2D eigenvalue weighted by molar-refractivity contribution is -0.117.